The molecule has 0 spiro atoms. The molecule has 0 aliphatic carbocycles. The zero-order valence-corrected chi connectivity index (χ0v) is 13.7. The van der Waals surface area contributed by atoms with Crippen LogP contribution in [0.3, 0.4) is 0 Å². The third-order valence-electron chi connectivity index (χ3n) is 3.99. The monoisotopic (exact) mass is 394 g/mol. The summed E-state index contributed by atoms with van der Waals surface area (Å²) in [5, 5.41) is 9.19. The summed E-state index contributed by atoms with van der Waals surface area (Å²) in [4.78, 5) is 3.33. The normalized spacial score (nSPS) is 17.8. The van der Waals surface area contributed by atoms with Crippen molar-refractivity contribution in [2.24, 2.45) is 0 Å². The van der Waals surface area contributed by atoms with Crippen LogP contribution in [0.1, 0.15) is 11.1 Å². The number of β-amino-alcohol motifs (C(OH)–C–C–N with tert-alkyl or cyclic N) is 1. The first-order valence-electron chi connectivity index (χ1n) is 7.15. The molecule has 26 heavy (non-hydrogen) atoms. The minimum atomic E-state index is -4.93. The highest BCUT2D eigenvalue weighted by Gasteiger charge is 2.51. The molecule has 0 bridgehead atoms. The van der Waals surface area contributed by atoms with Gasteiger partial charge < -0.3 is 5.11 Å². The maximum absolute atomic E-state index is 13.3. The van der Waals surface area contributed by atoms with E-state index in [1.807, 2.05) is 0 Å². The van der Waals surface area contributed by atoms with E-state index in [0.29, 0.717) is 16.4 Å². The molecule has 5 nitrogen and oxygen atoms in total. The number of rotatable bonds is 3. The standard InChI is InChI=1S/C15H11F5N2O3S/c16-11-4-3-9(6-12(11)17)14(23)7-22(8-14)26(24,25)13-10(15(18,19)20)2-1-5-21-13/h1-6,23H,7-8H2. The van der Waals surface area contributed by atoms with E-state index in [9.17, 15) is 35.5 Å². The van der Waals surface area contributed by atoms with Crippen molar-refractivity contribution in [2.45, 2.75) is 16.8 Å². The maximum Gasteiger partial charge on any atom is 0.419 e. The van der Waals surface area contributed by atoms with Crippen molar-refractivity contribution in [2.75, 3.05) is 13.1 Å². The number of benzene rings is 1. The Morgan fingerprint density at radius 2 is 1.77 bits per heavy atom. The predicted molar refractivity (Wildman–Crippen MR) is 78.3 cm³/mol. The average molecular weight is 394 g/mol. The van der Waals surface area contributed by atoms with Gasteiger partial charge in [0.2, 0.25) is 0 Å². The molecule has 140 valence electrons. The Balaban J connectivity index is 1.90. The molecule has 1 N–H and O–H groups in total. The van der Waals surface area contributed by atoms with Crippen LogP contribution in [-0.2, 0) is 21.8 Å². The molecule has 0 radical (unpaired) electrons. The minimum Gasteiger partial charge on any atom is -0.382 e. The van der Waals surface area contributed by atoms with E-state index in [-0.39, 0.29) is 5.56 Å². The Morgan fingerprint density at radius 1 is 1.12 bits per heavy atom. The van der Waals surface area contributed by atoms with Crippen LogP contribution in [-0.4, -0.2) is 35.9 Å². The van der Waals surface area contributed by atoms with Crippen molar-refractivity contribution < 1.29 is 35.5 Å². The quantitative estimate of drug-likeness (QED) is 0.811. The largest absolute Gasteiger partial charge is 0.419 e. The molecule has 1 aromatic heterocycles. The summed E-state index contributed by atoms with van der Waals surface area (Å²) in [5.41, 5.74) is -3.35. The summed E-state index contributed by atoms with van der Waals surface area (Å²) >= 11 is 0. The minimum absolute atomic E-state index is 0.0834. The van der Waals surface area contributed by atoms with E-state index in [2.05, 4.69) is 4.98 Å². The van der Waals surface area contributed by atoms with Gasteiger partial charge in [-0.25, -0.2) is 22.2 Å². The Labute approximate surface area is 144 Å². The van der Waals surface area contributed by atoms with Crippen LogP contribution in [0.5, 0.6) is 0 Å². The topological polar surface area (TPSA) is 70.5 Å². The fraction of sp³-hybridized carbons (Fsp3) is 0.267. The lowest BCUT2D eigenvalue weighted by molar-refractivity contribution is -0.140. The summed E-state index contributed by atoms with van der Waals surface area (Å²) < 4.78 is 90.8. The highest BCUT2D eigenvalue weighted by atomic mass is 32.2. The molecule has 0 unspecified atom stereocenters. The molecule has 1 aliphatic rings. The summed E-state index contributed by atoms with van der Waals surface area (Å²) in [6.07, 6.45) is -4.03. The number of aromatic nitrogens is 1. The molecule has 1 aromatic carbocycles. The van der Waals surface area contributed by atoms with Crippen LogP contribution in [0.25, 0.3) is 0 Å². The van der Waals surface area contributed by atoms with Crippen LogP contribution in [0.2, 0.25) is 0 Å². The maximum atomic E-state index is 13.3. The van der Waals surface area contributed by atoms with E-state index < -0.39 is 57.1 Å². The van der Waals surface area contributed by atoms with Gasteiger partial charge in [0.1, 0.15) is 5.60 Å². The molecule has 1 aliphatic heterocycles. The first kappa shape index (κ1) is 18.7. The third-order valence-corrected chi connectivity index (χ3v) is 5.75. The molecule has 2 aromatic rings. The average Bonchev–Trinajstić information content (AvgIpc) is 2.53. The highest BCUT2D eigenvalue weighted by Crippen LogP contribution is 2.39. The summed E-state index contributed by atoms with van der Waals surface area (Å²) in [5.74, 6) is -2.38. The van der Waals surface area contributed by atoms with E-state index in [1.165, 1.54) is 0 Å². The van der Waals surface area contributed by atoms with Crippen molar-refractivity contribution in [3.05, 3.63) is 59.3 Å². The molecule has 1 fully saturated rings. The third kappa shape index (κ3) is 3.06. The van der Waals surface area contributed by atoms with Gasteiger partial charge in [-0.05, 0) is 29.8 Å². The van der Waals surface area contributed by atoms with Crippen molar-refractivity contribution in [1.82, 2.24) is 9.29 Å². The van der Waals surface area contributed by atoms with Gasteiger partial charge in [0.15, 0.2) is 16.7 Å². The first-order chi connectivity index (χ1) is 11.9. The van der Waals surface area contributed by atoms with Gasteiger partial charge >= 0.3 is 6.18 Å². The molecule has 0 amide bonds. The number of pyridine rings is 1. The van der Waals surface area contributed by atoms with Crippen LogP contribution in [0.15, 0.2) is 41.6 Å². The van der Waals surface area contributed by atoms with Gasteiger partial charge in [-0.2, -0.15) is 17.5 Å². The molecular formula is C15H11F5N2O3S. The van der Waals surface area contributed by atoms with Gasteiger partial charge in [0.05, 0.1) is 5.56 Å². The molecule has 2 heterocycles. The zero-order chi connectivity index (χ0) is 19.3. The van der Waals surface area contributed by atoms with E-state index >= 15 is 0 Å². The van der Waals surface area contributed by atoms with Crippen LogP contribution < -0.4 is 0 Å². The first-order valence-corrected chi connectivity index (χ1v) is 8.59. The number of halogens is 5. The second-order valence-corrected chi connectivity index (χ2v) is 7.64. The van der Waals surface area contributed by atoms with Crippen molar-refractivity contribution >= 4 is 10.0 Å². The Kier molecular flexibility index (Phi) is 4.28. The lowest BCUT2D eigenvalue weighted by atomic mass is 9.88. The Bertz CT molecular complexity index is 956. The predicted octanol–water partition coefficient (Wildman–Crippen LogP) is 2.27. The van der Waals surface area contributed by atoms with Crippen molar-refractivity contribution in [3.8, 4) is 0 Å². The SMILES string of the molecule is O=S(=O)(c1ncccc1C(F)(F)F)N1CC(O)(c2ccc(F)c(F)c2)C1. The molecule has 0 saturated carbocycles. The fourth-order valence-corrected chi connectivity index (χ4v) is 4.28. The molecule has 11 heteroatoms. The lowest BCUT2D eigenvalue weighted by Gasteiger charge is -2.45. The fourth-order valence-electron chi connectivity index (χ4n) is 2.61. The summed E-state index contributed by atoms with van der Waals surface area (Å²) in [6.45, 7) is -1.23. The Morgan fingerprint density at radius 3 is 2.35 bits per heavy atom. The molecule has 1 saturated heterocycles. The molecular weight excluding hydrogens is 383 g/mol. The van der Waals surface area contributed by atoms with Crippen LogP contribution >= 0.6 is 0 Å². The second-order valence-electron chi connectivity index (χ2n) is 5.79. The van der Waals surface area contributed by atoms with Crippen LogP contribution in [0, 0.1) is 11.6 Å². The van der Waals surface area contributed by atoms with E-state index in [1.54, 1.807) is 0 Å². The summed E-state index contributed by atoms with van der Waals surface area (Å²) in [7, 11) is -4.64. The number of hydrogen-bond donors (Lipinski definition) is 1. The number of alkyl halides is 3. The Hall–Kier alpha value is -2.11. The zero-order valence-electron chi connectivity index (χ0n) is 12.8. The number of nitrogens with zero attached hydrogens (tertiary/aromatic N) is 2. The smallest absolute Gasteiger partial charge is 0.382 e. The van der Waals surface area contributed by atoms with Gasteiger partial charge in [0.25, 0.3) is 10.0 Å². The number of hydrogen-bond acceptors (Lipinski definition) is 4. The highest BCUT2D eigenvalue weighted by molar-refractivity contribution is 7.89. The van der Waals surface area contributed by atoms with Crippen molar-refractivity contribution in [3.63, 3.8) is 0 Å². The van der Waals surface area contributed by atoms with E-state index in [4.69, 9.17) is 0 Å². The second kappa shape index (κ2) is 5.96. The van der Waals surface area contributed by atoms with Gasteiger partial charge in [-0.15, -0.1) is 0 Å². The lowest BCUT2D eigenvalue weighted by Crippen LogP contribution is -2.61. The van der Waals surface area contributed by atoms with Gasteiger partial charge in [0, 0.05) is 19.3 Å². The van der Waals surface area contributed by atoms with Gasteiger partial charge in [-0.1, -0.05) is 6.07 Å². The van der Waals surface area contributed by atoms with Crippen LogP contribution in [0.4, 0.5) is 22.0 Å². The molecule has 0 atom stereocenters. The number of aliphatic hydroxyl groups is 1. The van der Waals surface area contributed by atoms with E-state index in [0.717, 1.165) is 24.4 Å². The van der Waals surface area contributed by atoms with Gasteiger partial charge in [-0.3, -0.25) is 0 Å². The molecule has 3 rings (SSSR count). The summed E-state index contributed by atoms with van der Waals surface area (Å²) in [6, 6.07) is 4.09. The van der Waals surface area contributed by atoms with Crippen molar-refractivity contribution in [1.29, 1.82) is 0 Å². The number of sulfonamides is 1.